The molecule has 1 amide bonds. The predicted molar refractivity (Wildman–Crippen MR) is 88.6 cm³/mol. The summed E-state index contributed by atoms with van der Waals surface area (Å²) in [6.45, 7) is 4.04. The molecule has 0 unspecified atom stereocenters. The van der Waals surface area contributed by atoms with E-state index in [0.717, 1.165) is 5.56 Å². The van der Waals surface area contributed by atoms with Crippen molar-refractivity contribution in [2.24, 2.45) is 0 Å². The highest BCUT2D eigenvalue weighted by Crippen LogP contribution is 2.23. The van der Waals surface area contributed by atoms with Crippen molar-refractivity contribution < 1.29 is 19.1 Å². The Morgan fingerprint density at radius 3 is 2.60 bits per heavy atom. The van der Waals surface area contributed by atoms with Gasteiger partial charge in [-0.2, -0.15) is 0 Å². The van der Waals surface area contributed by atoms with Gasteiger partial charge < -0.3 is 14.6 Å². The zero-order chi connectivity index (χ0) is 18.1. The van der Waals surface area contributed by atoms with Crippen LogP contribution < -0.4 is 0 Å². The van der Waals surface area contributed by atoms with Gasteiger partial charge in [0.15, 0.2) is 5.76 Å². The minimum Gasteiger partial charge on any atom is -0.503 e. The van der Waals surface area contributed by atoms with E-state index in [1.54, 1.807) is 16.7 Å². The third-order valence-corrected chi connectivity index (χ3v) is 4.19. The van der Waals surface area contributed by atoms with Crippen LogP contribution in [-0.2, 0) is 11.3 Å². The van der Waals surface area contributed by atoms with Crippen molar-refractivity contribution in [3.05, 3.63) is 65.2 Å². The second kappa shape index (κ2) is 6.51. The molecule has 0 fully saturated rings. The van der Waals surface area contributed by atoms with E-state index in [1.165, 1.54) is 29.6 Å². The smallest absolute Gasteiger partial charge is 0.289 e. The monoisotopic (exact) mass is 343 g/mol. The fraction of sp³-hybridized carbons (Fsp3) is 0.278. The van der Waals surface area contributed by atoms with Gasteiger partial charge in [-0.25, -0.2) is 9.37 Å². The fourth-order valence-corrected chi connectivity index (χ4v) is 2.76. The first-order chi connectivity index (χ1) is 11.9. The van der Waals surface area contributed by atoms with Crippen LogP contribution in [-0.4, -0.2) is 43.8 Å². The Hall–Kier alpha value is -2.96. The van der Waals surface area contributed by atoms with Gasteiger partial charge in [0.1, 0.15) is 11.5 Å². The van der Waals surface area contributed by atoms with Gasteiger partial charge in [0, 0.05) is 12.6 Å². The summed E-state index contributed by atoms with van der Waals surface area (Å²) in [4.78, 5) is 30.3. The van der Waals surface area contributed by atoms with Crippen molar-refractivity contribution >= 4 is 11.7 Å². The highest BCUT2D eigenvalue weighted by molar-refractivity contribution is 6.14. The van der Waals surface area contributed by atoms with Gasteiger partial charge in [-0.05, 0) is 31.5 Å². The molecule has 7 heteroatoms. The lowest BCUT2D eigenvalue weighted by Crippen LogP contribution is -2.34. The second-order valence-corrected chi connectivity index (χ2v) is 6.22. The van der Waals surface area contributed by atoms with E-state index in [-0.39, 0.29) is 29.7 Å². The molecular formula is C18H18FN3O3. The number of nitrogens with zero attached hydrogens (tertiary/aromatic N) is 3. The summed E-state index contributed by atoms with van der Waals surface area (Å²) in [6, 6.07) is 5.82. The molecule has 1 N–H and O–H groups in total. The highest BCUT2D eigenvalue weighted by atomic mass is 19.1. The fourth-order valence-electron chi connectivity index (χ4n) is 2.76. The van der Waals surface area contributed by atoms with Crippen molar-refractivity contribution in [2.45, 2.75) is 26.4 Å². The maximum absolute atomic E-state index is 13.0. The SMILES string of the molecule is CC(C)N1CC(C(=O)c2cncn2Cc2ccc(F)cc2)=C(O)C1=O. The van der Waals surface area contributed by atoms with Gasteiger partial charge in [0.05, 0.1) is 24.6 Å². The van der Waals surface area contributed by atoms with E-state index in [2.05, 4.69) is 4.98 Å². The predicted octanol–water partition coefficient (Wildman–Crippen LogP) is 2.32. The molecule has 1 aliphatic rings. The number of aliphatic hydroxyl groups excluding tert-OH is 1. The zero-order valence-corrected chi connectivity index (χ0v) is 13.9. The number of benzene rings is 1. The number of hydrogen-bond acceptors (Lipinski definition) is 4. The zero-order valence-electron chi connectivity index (χ0n) is 13.9. The Kier molecular flexibility index (Phi) is 4.39. The van der Waals surface area contributed by atoms with Crippen molar-refractivity contribution in [1.82, 2.24) is 14.5 Å². The number of halogens is 1. The molecule has 3 rings (SSSR count). The Morgan fingerprint density at radius 1 is 1.32 bits per heavy atom. The van der Waals surface area contributed by atoms with Crippen LogP contribution in [0.4, 0.5) is 4.39 Å². The maximum Gasteiger partial charge on any atom is 0.289 e. The molecule has 25 heavy (non-hydrogen) atoms. The minimum absolute atomic E-state index is 0.0690. The molecular weight excluding hydrogens is 325 g/mol. The van der Waals surface area contributed by atoms with Crippen LogP contribution in [0.1, 0.15) is 29.9 Å². The Labute approximate surface area is 144 Å². The second-order valence-electron chi connectivity index (χ2n) is 6.22. The number of imidazole rings is 1. The molecule has 1 aromatic heterocycles. The van der Waals surface area contributed by atoms with E-state index >= 15 is 0 Å². The lowest BCUT2D eigenvalue weighted by atomic mass is 10.1. The first-order valence-corrected chi connectivity index (χ1v) is 7.91. The van der Waals surface area contributed by atoms with Crippen LogP contribution in [0.25, 0.3) is 0 Å². The highest BCUT2D eigenvalue weighted by Gasteiger charge is 2.36. The standard InChI is InChI=1S/C18H18FN3O3/c1-11(2)22-9-14(17(24)18(22)25)16(23)15-7-20-10-21(15)8-12-3-5-13(19)6-4-12/h3-7,10-11,24H,8-9H2,1-2H3. The third kappa shape index (κ3) is 3.17. The summed E-state index contributed by atoms with van der Waals surface area (Å²) in [5.41, 5.74) is 1.14. The van der Waals surface area contributed by atoms with Crippen LogP contribution in [0.2, 0.25) is 0 Å². The lowest BCUT2D eigenvalue weighted by molar-refractivity contribution is -0.129. The van der Waals surface area contributed by atoms with E-state index in [0.29, 0.717) is 6.54 Å². The average molecular weight is 343 g/mol. The summed E-state index contributed by atoms with van der Waals surface area (Å²) in [5.74, 6) is -1.82. The molecule has 2 aromatic rings. The van der Waals surface area contributed by atoms with Gasteiger partial charge in [-0.1, -0.05) is 12.1 Å². The number of aromatic nitrogens is 2. The largest absolute Gasteiger partial charge is 0.503 e. The summed E-state index contributed by atoms with van der Waals surface area (Å²) in [6.07, 6.45) is 2.89. The molecule has 1 aliphatic heterocycles. The first kappa shape index (κ1) is 16.9. The van der Waals surface area contributed by atoms with Crippen LogP contribution in [0.15, 0.2) is 48.1 Å². The van der Waals surface area contributed by atoms with Crippen molar-refractivity contribution in [1.29, 1.82) is 0 Å². The molecule has 130 valence electrons. The first-order valence-electron chi connectivity index (χ1n) is 7.91. The number of Topliss-reactive ketones (excluding diaryl/α,β-unsaturated/α-hetero) is 1. The topological polar surface area (TPSA) is 75.4 Å². The lowest BCUT2D eigenvalue weighted by Gasteiger charge is -2.20. The molecule has 0 saturated carbocycles. The Bertz CT molecular complexity index is 853. The quantitative estimate of drug-likeness (QED) is 0.846. The van der Waals surface area contributed by atoms with Crippen LogP contribution >= 0.6 is 0 Å². The molecule has 2 heterocycles. The Balaban J connectivity index is 1.86. The normalized spacial score (nSPS) is 14.7. The van der Waals surface area contributed by atoms with Crippen LogP contribution in [0, 0.1) is 5.82 Å². The van der Waals surface area contributed by atoms with Crippen molar-refractivity contribution in [3.63, 3.8) is 0 Å². The van der Waals surface area contributed by atoms with Gasteiger partial charge in [0.2, 0.25) is 5.78 Å². The number of carbonyl (C=O) groups excluding carboxylic acids is 2. The number of aliphatic hydroxyl groups is 1. The molecule has 0 radical (unpaired) electrons. The van der Waals surface area contributed by atoms with Crippen molar-refractivity contribution in [2.75, 3.05) is 6.54 Å². The number of rotatable bonds is 5. The van der Waals surface area contributed by atoms with Gasteiger partial charge in [-0.3, -0.25) is 9.59 Å². The number of hydrogen-bond donors (Lipinski definition) is 1. The van der Waals surface area contributed by atoms with Crippen molar-refractivity contribution in [3.8, 4) is 0 Å². The van der Waals surface area contributed by atoms with E-state index in [1.807, 2.05) is 13.8 Å². The molecule has 0 bridgehead atoms. The molecule has 0 spiro atoms. The minimum atomic E-state index is -0.539. The molecule has 0 saturated heterocycles. The Morgan fingerprint density at radius 2 is 2.00 bits per heavy atom. The van der Waals surface area contributed by atoms with Gasteiger partial charge in [0.25, 0.3) is 5.91 Å². The van der Waals surface area contributed by atoms with Crippen LogP contribution in [0.5, 0.6) is 0 Å². The van der Waals surface area contributed by atoms with E-state index in [9.17, 15) is 19.1 Å². The van der Waals surface area contributed by atoms with Gasteiger partial charge in [-0.15, -0.1) is 0 Å². The molecule has 6 nitrogen and oxygen atoms in total. The molecule has 0 atom stereocenters. The number of ketones is 1. The summed E-state index contributed by atoms with van der Waals surface area (Å²) in [7, 11) is 0. The molecule has 0 aliphatic carbocycles. The maximum atomic E-state index is 13.0. The summed E-state index contributed by atoms with van der Waals surface area (Å²) < 4.78 is 14.6. The van der Waals surface area contributed by atoms with E-state index < -0.39 is 17.4 Å². The summed E-state index contributed by atoms with van der Waals surface area (Å²) in [5, 5.41) is 10.1. The average Bonchev–Trinajstić information content (AvgIpc) is 3.15. The van der Waals surface area contributed by atoms with Gasteiger partial charge >= 0.3 is 0 Å². The number of carbonyl (C=O) groups is 2. The number of amides is 1. The van der Waals surface area contributed by atoms with Crippen LogP contribution in [0.3, 0.4) is 0 Å². The van der Waals surface area contributed by atoms with E-state index in [4.69, 9.17) is 0 Å². The summed E-state index contributed by atoms with van der Waals surface area (Å²) >= 11 is 0. The third-order valence-electron chi connectivity index (χ3n) is 4.19. The molecule has 1 aromatic carbocycles.